The van der Waals surface area contributed by atoms with Crippen LogP contribution in [0.25, 0.3) is 0 Å². The molecule has 0 bridgehead atoms. The molecule has 2 rings (SSSR count). The van der Waals surface area contributed by atoms with Crippen LogP contribution < -0.4 is 15.4 Å². The van der Waals surface area contributed by atoms with Crippen molar-refractivity contribution in [2.45, 2.75) is 33.0 Å². The summed E-state index contributed by atoms with van der Waals surface area (Å²) in [5.74, 6) is -0.601. The Labute approximate surface area is 148 Å². The number of ether oxygens (including phenoxy) is 2. The summed E-state index contributed by atoms with van der Waals surface area (Å²) in [5.41, 5.74) is 1.42. The molecule has 1 aromatic carbocycles. The second-order valence-electron chi connectivity index (χ2n) is 6.41. The van der Waals surface area contributed by atoms with Gasteiger partial charge in [0.05, 0.1) is 19.3 Å². The molecule has 1 aromatic rings. The van der Waals surface area contributed by atoms with Gasteiger partial charge in [-0.15, -0.1) is 0 Å². The molecule has 2 amide bonds. The lowest BCUT2D eigenvalue weighted by Gasteiger charge is -2.35. The molecule has 0 unspecified atom stereocenters. The molecule has 1 aliphatic heterocycles. The number of hydrogen-bond donors (Lipinski definition) is 2. The van der Waals surface area contributed by atoms with Crippen LogP contribution in [-0.4, -0.2) is 62.2 Å². The number of nitrogens with zero attached hydrogens (tertiary/aromatic N) is 1. The van der Waals surface area contributed by atoms with Crippen molar-refractivity contribution in [1.29, 1.82) is 0 Å². The van der Waals surface area contributed by atoms with E-state index in [0.717, 1.165) is 18.7 Å². The number of morpholine rings is 1. The van der Waals surface area contributed by atoms with Crippen LogP contribution in [-0.2, 0) is 14.3 Å². The quantitative estimate of drug-likeness (QED) is 0.780. The summed E-state index contributed by atoms with van der Waals surface area (Å²) in [5, 5.41) is 5.29. The van der Waals surface area contributed by atoms with Crippen LogP contribution in [0.15, 0.2) is 18.2 Å². The molecular weight excluding hydrogens is 322 g/mol. The third-order valence-electron chi connectivity index (χ3n) is 4.10. The first kappa shape index (κ1) is 19.2. The monoisotopic (exact) mass is 349 g/mol. The third-order valence-corrected chi connectivity index (χ3v) is 4.10. The van der Waals surface area contributed by atoms with Crippen molar-refractivity contribution in [3.63, 3.8) is 0 Å². The maximum Gasteiger partial charge on any atom is 0.313 e. The van der Waals surface area contributed by atoms with E-state index >= 15 is 0 Å². The fraction of sp³-hybridized carbons (Fsp3) is 0.556. The summed E-state index contributed by atoms with van der Waals surface area (Å²) < 4.78 is 10.8. The first-order valence-corrected chi connectivity index (χ1v) is 8.50. The molecule has 0 aromatic heterocycles. The normalized spacial score (nSPS) is 20.8. The molecule has 138 valence electrons. The van der Waals surface area contributed by atoms with E-state index in [1.165, 1.54) is 0 Å². The van der Waals surface area contributed by atoms with Crippen LogP contribution >= 0.6 is 0 Å². The zero-order chi connectivity index (χ0) is 18.4. The Morgan fingerprint density at radius 3 is 2.52 bits per heavy atom. The molecule has 1 saturated heterocycles. The molecule has 0 radical (unpaired) electrons. The van der Waals surface area contributed by atoms with E-state index in [2.05, 4.69) is 15.5 Å². The molecule has 0 saturated carbocycles. The minimum absolute atomic E-state index is 0.181. The summed E-state index contributed by atoms with van der Waals surface area (Å²) in [4.78, 5) is 26.2. The van der Waals surface area contributed by atoms with Crippen LogP contribution in [0.1, 0.15) is 19.4 Å². The molecule has 1 aliphatic rings. The van der Waals surface area contributed by atoms with Gasteiger partial charge >= 0.3 is 11.8 Å². The molecular formula is C18H27N3O4. The average molecular weight is 349 g/mol. The topological polar surface area (TPSA) is 79.9 Å². The molecule has 2 atom stereocenters. The molecule has 1 heterocycles. The van der Waals surface area contributed by atoms with Gasteiger partial charge in [-0.25, -0.2) is 0 Å². The van der Waals surface area contributed by atoms with E-state index in [0.29, 0.717) is 24.5 Å². The zero-order valence-electron chi connectivity index (χ0n) is 15.3. The molecule has 0 spiro atoms. The van der Waals surface area contributed by atoms with Crippen LogP contribution in [0.5, 0.6) is 5.75 Å². The first-order chi connectivity index (χ1) is 11.9. The number of nitrogens with one attached hydrogen (secondary N) is 2. The van der Waals surface area contributed by atoms with Gasteiger partial charge in [-0.3, -0.25) is 14.5 Å². The highest BCUT2D eigenvalue weighted by Gasteiger charge is 2.22. The number of aryl methyl sites for hydroxylation is 1. The smallest absolute Gasteiger partial charge is 0.313 e. The van der Waals surface area contributed by atoms with Crippen molar-refractivity contribution in [2.24, 2.45) is 0 Å². The largest absolute Gasteiger partial charge is 0.497 e. The number of hydrogen-bond acceptors (Lipinski definition) is 5. The van der Waals surface area contributed by atoms with Gasteiger partial charge in [-0.05, 0) is 44.5 Å². The number of benzene rings is 1. The summed E-state index contributed by atoms with van der Waals surface area (Å²) in [6.07, 6.45) is 0.363. The Bertz CT molecular complexity index is 610. The van der Waals surface area contributed by atoms with Gasteiger partial charge in [0.1, 0.15) is 5.75 Å². The Hall–Kier alpha value is -2.12. The van der Waals surface area contributed by atoms with Gasteiger partial charge in [0, 0.05) is 31.9 Å². The highest BCUT2D eigenvalue weighted by molar-refractivity contribution is 6.39. The van der Waals surface area contributed by atoms with Crippen LogP contribution in [0.2, 0.25) is 0 Å². The third kappa shape index (κ3) is 5.72. The predicted octanol–water partition coefficient (Wildman–Crippen LogP) is 1.17. The number of amides is 2. The van der Waals surface area contributed by atoms with Crippen LogP contribution in [0, 0.1) is 6.92 Å². The lowest BCUT2D eigenvalue weighted by Crippen LogP contribution is -2.48. The minimum Gasteiger partial charge on any atom is -0.497 e. The first-order valence-electron chi connectivity index (χ1n) is 8.50. The second kappa shape index (κ2) is 8.82. The van der Waals surface area contributed by atoms with Gasteiger partial charge in [0.15, 0.2) is 0 Å². The van der Waals surface area contributed by atoms with Gasteiger partial charge < -0.3 is 20.1 Å². The standard InChI is InChI=1S/C18H27N3O4/c1-12-9-15(24-4)5-6-16(12)20-18(23)17(22)19-7-8-21-10-13(2)25-14(3)11-21/h5-6,9,13-14H,7-8,10-11H2,1-4H3,(H,19,22)(H,20,23)/t13-,14+. The maximum absolute atomic E-state index is 12.0. The second-order valence-corrected chi connectivity index (χ2v) is 6.41. The fourth-order valence-electron chi connectivity index (χ4n) is 2.96. The number of carbonyl (C=O) groups excluding carboxylic acids is 2. The minimum atomic E-state index is -0.669. The van der Waals surface area contributed by atoms with E-state index in [1.54, 1.807) is 25.3 Å². The lowest BCUT2D eigenvalue weighted by atomic mass is 10.2. The Morgan fingerprint density at radius 1 is 1.24 bits per heavy atom. The highest BCUT2D eigenvalue weighted by Crippen LogP contribution is 2.20. The van der Waals surface area contributed by atoms with Gasteiger partial charge in [0.25, 0.3) is 0 Å². The summed E-state index contributed by atoms with van der Waals surface area (Å²) in [6.45, 7) is 8.69. The van der Waals surface area contributed by atoms with Crippen molar-refractivity contribution in [1.82, 2.24) is 10.2 Å². The summed E-state index contributed by atoms with van der Waals surface area (Å²) >= 11 is 0. The Balaban J connectivity index is 1.78. The van der Waals surface area contributed by atoms with Crippen molar-refractivity contribution < 1.29 is 19.1 Å². The van der Waals surface area contributed by atoms with Crippen molar-refractivity contribution in [3.05, 3.63) is 23.8 Å². The highest BCUT2D eigenvalue weighted by atomic mass is 16.5. The zero-order valence-corrected chi connectivity index (χ0v) is 15.3. The van der Waals surface area contributed by atoms with Gasteiger partial charge in [-0.1, -0.05) is 0 Å². The van der Waals surface area contributed by atoms with Gasteiger partial charge in [0.2, 0.25) is 0 Å². The summed E-state index contributed by atoms with van der Waals surface area (Å²) in [7, 11) is 1.58. The van der Waals surface area contributed by atoms with Crippen LogP contribution in [0.4, 0.5) is 5.69 Å². The maximum atomic E-state index is 12.0. The number of anilines is 1. The predicted molar refractivity (Wildman–Crippen MR) is 95.8 cm³/mol. The number of carbonyl (C=O) groups is 2. The molecule has 7 nitrogen and oxygen atoms in total. The average Bonchev–Trinajstić information content (AvgIpc) is 2.55. The number of rotatable bonds is 5. The van der Waals surface area contributed by atoms with Crippen molar-refractivity contribution in [2.75, 3.05) is 38.6 Å². The SMILES string of the molecule is COc1ccc(NC(=O)C(=O)NCCN2C[C@@H](C)O[C@@H](C)C2)c(C)c1. The van der Waals surface area contributed by atoms with E-state index in [9.17, 15) is 9.59 Å². The van der Waals surface area contributed by atoms with E-state index in [-0.39, 0.29) is 12.2 Å². The molecule has 7 heteroatoms. The van der Waals surface area contributed by atoms with E-state index < -0.39 is 11.8 Å². The summed E-state index contributed by atoms with van der Waals surface area (Å²) in [6, 6.07) is 5.26. The number of methoxy groups -OCH3 is 1. The van der Waals surface area contributed by atoms with E-state index in [1.807, 2.05) is 20.8 Å². The van der Waals surface area contributed by atoms with Crippen molar-refractivity contribution in [3.8, 4) is 5.75 Å². The Morgan fingerprint density at radius 2 is 1.92 bits per heavy atom. The Kier molecular flexibility index (Phi) is 6.78. The lowest BCUT2D eigenvalue weighted by molar-refractivity contribution is -0.136. The fourth-order valence-corrected chi connectivity index (χ4v) is 2.96. The van der Waals surface area contributed by atoms with Crippen molar-refractivity contribution >= 4 is 17.5 Å². The molecule has 1 fully saturated rings. The molecule has 25 heavy (non-hydrogen) atoms. The van der Waals surface area contributed by atoms with Gasteiger partial charge in [-0.2, -0.15) is 0 Å². The molecule has 0 aliphatic carbocycles. The van der Waals surface area contributed by atoms with E-state index in [4.69, 9.17) is 9.47 Å². The van der Waals surface area contributed by atoms with Crippen LogP contribution in [0.3, 0.4) is 0 Å². The molecule has 2 N–H and O–H groups in total.